The Kier molecular flexibility index (Phi) is 66.7. The molecule has 0 aromatic carbocycles. The number of carbonyl (C=O) groups excluding carboxylic acids is 3. The highest BCUT2D eigenvalue weighted by atomic mass is 16.6. The first-order valence-electron chi connectivity index (χ1n) is 35.2. The Hall–Kier alpha value is -3.67. The molecule has 6 heteroatoms. The third-order valence-electron chi connectivity index (χ3n) is 15.3. The predicted octanol–water partition coefficient (Wildman–Crippen LogP) is 24.4. The number of hydrogen-bond acceptors (Lipinski definition) is 6. The van der Waals surface area contributed by atoms with Gasteiger partial charge < -0.3 is 14.2 Å². The molecule has 0 aromatic heterocycles. The van der Waals surface area contributed by atoms with Gasteiger partial charge in [-0.25, -0.2) is 0 Å². The van der Waals surface area contributed by atoms with Crippen LogP contribution in [0.5, 0.6) is 0 Å². The summed E-state index contributed by atoms with van der Waals surface area (Å²) in [6.07, 6.45) is 94.3. The minimum atomic E-state index is -0.790. The molecule has 0 aliphatic heterocycles. The van der Waals surface area contributed by atoms with Crippen molar-refractivity contribution in [2.24, 2.45) is 0 Å². The zero-order valence-corrected chi connectivity index (χ0v) is 54.2. The van der Waals surface area contributed by atoms with Crippen LogP contribution < -0.4 is 0 Å². The zero-order valence-electron chi connectivity index (χ0n) is 54.2. The quantitative estimate of drug-likeness (QED) is 0.0261. The van der Waals surface area contributed by atoms with Gasteiger partial charge in [0.2, 0.25) is 0 Å². The van der Waals surface area contributed by atoms with Crippen LogP contribution in [0.2, 0.25) is 0 Å². The number of allylic oxidation sites excluding steroid dienone is 16. The monoisotopic (exact) mass is 1140 g/mol. The molecule has 0 aromatic rings. The molecular formula is C76H132O6. The molecule has 0 saturated carbocycles. The van der Waals surface area contributed by atoms with Crippen LogP contribution in [0.3, 0.4) is 0 Å². The van der Waals surface area contributed by atoms with Crippen molar-refractivity contribution in [2.75, 3.05) is 13.2 Å². The topological polar surface area (TPSA) is 78.9 Å². The molecule has 0 N–H and O–H groups in total. The standard InChI is InChI=1S/C76H132O6/c1-4-7-10-13-16-19-22-25-28-30-32-33-34-35-36-37-38-39-40-41-42-43-45-46-48-51-54-57-60-63-66-69-75(78)81-72-73(71-80-74(77)68-65-62-59-56-53-50-27-24-21-18-15-12-9-6-3)82-76(79)70-67-64-61-58-55-52-49-47-44-31-29-26-23-20-17-14-11-8-5-2/h8,11,17,20,22,24-27,29-30,32,34-35,44,47,73H,4-7,9-10,12-16,18-19,21,23,28,31,33,36-43,45-46,48-72H2,1-3H3/b11-8-,20-17-,25-22-,27-24-,29-26-,32-30-,35-34-,47-44-. The molecule has 0 aliphatic rings. The number of hydrogen-bond donors (Lipinski definition) is 0. The summed E-state index contributed by atoms with van der Waals surface area (Å²) < 4.78 is 17.0. The maximum atomic E-state index is 12.9. The summed E-state index contributed by atoms with van der Waals surface area (Å²) in [4.78, 5) is 38.4. The lowest BCUT2D eigenvalue weighted by molar-refractivity contribution is -0.167. The lowest BCUT2D eigenvalue weighted by atomic mass is 10.0. The molecule has 0 radical (unpaired) electrons. The maximum absolute atomic E-state index is 12.9. The lowest BCUT2D eigenvalue weighted by Gasteiger charge is -2.18. The molecule has 0 saturated heterocycles. The zero-order chi connectivity index (χ0) is 59.2. The van der Waals surface area contributed by atoms with Crippen LogP contribution >= 0.6 is 0 Å². The van der Waals surface area contributed by atoms with Crippen molar-refractivity contribution in [1.82, 2.24) is 0 Å². The van der Waals surface area contributed by atoms with E-state index in [-0.39, 0.29) is 31.1 Å². The average molecular weight is 1140 g/mol. The molecular weight excluding hydrogens is 1010 g/mol. The maximum Gasteiger partial charge on any atom is 0.306 e. The second kappa shape index (κ2) is 69.8. The normalized spacial score (nSPS) is 12.7. The van der Waals surface area contributed by atoms with E-state index in [9.17, 15) is 14.4 Å². The van der Waals surface area contributed by atoms with Crippen LogP contribution in [-0.2, 0) is 28.6 Å². The van der Waals surface area contributed by atoms with Crippen molar-refractivity contribution in [2.45, 2.75) is 354 Å². The van der Waals surface area contributed by atoms with Crippen LogP contribution in [0.25, 0.3) is 0 Å². The SMILES string of the molecule is CC/C=C\C/C=C\C/C=C\C/C=C\CCCCCCCCC(=O)OC(COC(=O)CCCCCCC/C=C\CCCCCCC)COC(=O)CCCCCCCCCCCCCCCCCC/C=C\C/C=C\C/C=C\CCCCCCC. The van der Waals surface area contributed by atoms with Gasteiger partial charge in [-0.3, -0.25) is 14.4 Å². The highest BCUT2D eigenvalue weighted by Gasteiger charge is 2.19. The van der Waals surface area contributed by atoms with E-state index in [2.05, 4.69) is 118 Å². The van der Waals surface area contributed by atoms with E-state index in [1.165, 1.54) is 193 Å². The molecule has 472 valence electrons. The van der Waals surface area contributed by atoms with E-state index in [0.29, 0.717) is 19.3 Å². The summed E-state index contributed by atoms with van der Waals surface area (Å²) in [5, 5.41) is 0. The molecule has 1 atom stereocenters. The molecule has 0 aliphatic carbocycles. The Labute approximate surface area is 508 Å². The molecule has 0 heterocycles. The first kappa shape index (κ1) is 78.3. The lowest BCUT2D eigenvalue weighted by Crippen LogP contribution is -2.30. The highest BCUT2D eigenvalue weighted by Crippen LogP contribution is 2.17. The number of rotatable bonds is 64. The highest BCUT2D eigenvalue weighted by molar-refractivity contribution is 5.71. The van der Waals surface area contributed by atoms with Crippen molar-refractivity contribution >= 4 is 17.9 Å². The fourth-order valence-corrected chi connectivity index (χ4v) is 10.0. The number of esters is 3. The summed E-state index contributed by atoms with van der Waals surface area (Å²) in [6, 6.07) is 0. The molecule has 0 fully saturated rings. The predicted molar refractivity (Wildman–Crippen MR) is 357 cm³/mol. The Morgan fingerprint density at radius 2 is 0.476 bits per heavy atom. The van der Waals surface area contributed by atoms with Gasteiger partial charge in [0.1, 0.15) is 13.2 Å². The Morgan fingerprint density at radius 1 is 0.256 bits per heavy atom. The average Bonchev–Trinajstić information content (AvgIpc) is 3.47. The minimum Gasteiger partial charge on any atom is -0.462 e. The van der Waals surface area contributed by atoms with E-state index < -0.39 is 6.10 Å². The van der Waals surface area contributed by atoms with Gasteiger partial charge in [-0.2, -0.15) is 0 Å². The molecule has 82 heavy (non-hydrogen) atoms. The van der Waals surface area contributed by atoms with Crippen molar-refractivity contribution in [1.29, 1.82) is 0 Å². The van der Waals surface area contributed by atoms with Gasteiger partial charge >= 0.3 is 17.9 Å². The van der Waals surface area contributed by atoms with Crippen molar-refractivity contribution < 1.29 is 28.6 Å². The van der Waals surface area contributed by atoms with Gasteiger partial charge in [0.15, 0.2) is 6.10 Å². The summed E-state index contributed by atoms with van der Waals surface area (Å²) in [7, 11) is 0. The van der Waals surface area contributed by atoms with Gasteiger partial charge in [-0.05, 0) is 122 Å². The van der Waals surface area contributed by atoms with Gasteiger partial charge in [-0.15, -0.1) is 0 Å². The van der Waals surface area contributed by atoms with Gasteiger partial charge in [-0.1, -0.05) is 304 Å². The minimum absolute atomic E-state index is 0.0841. The molecule has 0 amide bonds. The third-order valence-corrected chi connectivity index (χ3v) is 15.3. The molecule has 0 spiro atoms. The van der Waals surface area contributed by atoms with E-state index in [1.54, 1.807) is 0 Å². The van der Waals surface area contributed by atoms with E-state index in [4.69, 9.17) is 14.2 Å². The van der Waals surface area contributed by atoms with E-state index in [1.807, 2.05) is 0 Å². The summed E-state index contributed by atoms with van der Waals surface area (Å²) in [5.41, 5.74) is 0. The molecule has 0 bridgehead atoms. The van der Waals surface area contributed by atoms with Gasteiger partial charge in [0.05, 0.1) is 0 Å². The first-order valence-corrected chi connectivity index (χ1v) is 35.2. The fourth-order valence-electron chi connectivity index (χ4n) is 10.0. The van der Waals surface area contributed by atoms with Crippen molar-refractivity contribution in [3.63, 3.8) is 0 Å². The summed E-state index contributed by atoms with van der Waals surface area (Å²) in [6.45, 7) is 6.52. The van der Waals surface area contributed by atoms with Crippen molar-refractivity contribution in [3.8, 4) is 0 Å². The van der Waals surface area contributed by atoms with Crippen molar-refractivity contribution in [3.05, 3.63) is 97.2 Å². The van der Waals surface area contributed by atoms with E-state index in [0.717, 1.165) is 116 Å². The van der Waals surface area contributed by atoms with Crippen LogP contribution in [-0.4, -0.2) is 37.2 Å². The fraction of sp³-hybridized carbons (Fsp3) is 0.750. The first-order chi connectivity index (χ1) is 40.5. The van der Waals surface area contributed by atoms with Gasteiger partial charge in [0, 0.05) is 19.3 Å². The second-order valence-corrected chi connectivity index (χ2v) is 23.4. The summed E-state index contributed by atoms with van der Waals surface area (Å²) in [5.74, 6) is -0.893. The third kappa shape index (κ3) is 67.1. The Balaban J connectivity index is 4.25. The molecule has 1 unspecified atom stereocenters. The van der Waals surface area contributed by atoms with Crippen LogP contribution in [0, 0.1) is 0 Å². The second-order valence-electron chi connectivity index (χ2n) is 23.4. The number of ether oxygens (including phenoxy) is 3. The van der Waals surface area contributed by atoms with Crippen LogP contribution in [0.1, 0.15) is 348 Å². The smallest absolute Gasteiger partial charge is 0.306 e. The largest absolute Gasteiger partial charge is 0.462 e. The Bertz CT molecular complexity index is 1590. The number of unbranched alkanes of at least 4 members (excludes halogenated alkanes) is 37. The van der Waals surface area contributed by atoms with E-state index >= 15 is 0 Å². The van der Waals surface area contributed by atoms with Crippen LogP contribution in [0.15, 0.2) is 97.2 Å². The molecule has 6 nitrogen and oxygen atoms in total. The summed E-state index contributed by atoms with van der Waals surface area (Å²) >= 11 is 0. The van der Waals surface area contributed by atoms with Crippen LogP contribution in [0.4, 0.5) is 0 Å². The Morgan fingerprint density at radius 3 is 0.756 bits per heavy atom. The molecule has 0 rings (SSSR count). The van der Waals surface area contributed by atoms with Gasteiger partial charge in [0.25, 0.3) is 0 Å². The number of carbonyl (C=O) groups is 3.